The molecule has 1 atom stereocenters. The van der Waals surface area contributed by atoms with Crippen molar-refractivity contribution in [3.8, 4) is 5.75 Å². The largest absolute Gasteiger partial charge is 0.497 e. The summed E-state index contributed by atoms with van der Waals surface area (Å²) < 4.78 is 10.3. The molecule has 1 N–H and O–H groups in total. The highest BCUT2D eigenvalue weighted by Crippen LogP contribution is 2.13. The molecular weight excluding hydrogens is 208 g/mol. The van der Waals surface area contributed by atoms with Gasteiger partial charge in [0.15, 0.2) is 6.10 Å². The number of ether oxygens (including phenoxy) is 2. The first-order valence-corrected chi connectivity index (χ1v) is 5.14. The van der Waals surface area contributed by atoms with E-state index < -0.39 is 12.1 Å². The summed E-state index contributed by atoms with van der Waals surface area (Å²) in [5, 5.41) is 8.79. The highest BCUT2D eigenvalue weighted by Gasteiger charge is 2.14. The van der Waals surface area contributed by atoms with Gasteiger partial charge in [-0.3, -0.25) is 0 Å². The average Bonchev–Trinajstić information content (AvgIpc) is 2.30. The van der Waals surface area contributed by atoms with Gasteiger partial charge in [-0.25, -0.2) is 4.79 Å². The number of hydrogen-bond acceptors (Lipinski definition) is 3. The zero-order valence-corrected chi connectivity index (χ0v) is 9.47. The van der Waals surface area contributed by atoms with E-state index in [0.29, 0.717) is 13.0 Å². The van der Waals surface area contributed by atoms with Gasteiger partial charge in [-0.15, -0.1) is 0 Å². The topological polar surface area (TPSA) is 55.8 Å². The van der Waals surface area contributed by atoms with Crippen molar-refractivity contribution < 1.29 is 19.4 Å². The van der Waals surface area contributed by atoms with Crippen LogP contribution in [0.2, 0.25) is 0 Å². The van der Waals surface area contributed by atoms with Crippen LogP contribution in [0, 0.1) is 0 Å². The molecule has 88 valence electrons. The van der Waals surface area contributed by atoms with E-state index in [1.807, 2.05) is 24.3 Å². The maximum atomic E-state index is 10.7. The Morgan fingerprint density at radius 2 is 2.00 bits per heavy atom. The lowest BCUT2D eigenvalue weighted by Gasteiger charge is -2.11. The van der Waals surface area contributed by atoms with E-state index in [1.165, 1.54) is 0 Å². The second kappa shape index (κ2) is 6.12. The Bertz CT molecular complexity index is 331. The van der Waals surface area contributed by atoms with Crippen LogP contribution in [0.15, 0.2) is 24.3 Å². The Labute approximate surface area is 94.8 Å². The minimum Gasteiger partial charge on any atom is -0.497 e. The monoisotopic (exact) mass is 224 g/mol. The molecule has 0 aromatic heterocycles. The fraction of sp³-hybridized carbons (Fsp3) is 0.417. The molecule has 0 spiro atoms. The van der Waals surface area contributed by atoms with Crippen LogP contribution in [-0.2, 0) is 16.1 Å². The Balaban J connectivity index is 2.50. The summed E-state index contributed by atoms with van der Waals surface area (Å²) in [6.07, 6.45) is -0.270. The molecule has 1 aromatic carbocycles. The van der Waals surface area contributed by atoms with Gasteiger partial charge in [-0.1, -0.05) is 19.1 Å². The summed E-state index contributed by atoms with van der Waals surface area (Å²) in [6, 6.07) is 7.35. The summed E-state index contributed by atoms with van der Waals surface area (Å²) in [6.45, 7) is 2.08. The van der Waals surface area contributed by atoms with E-state index in [4.69, 9.17) is 14.6 Å². The van der Waals surface area contributed by atoms with Gasteiger partial charge < -0.3 is 14.6 Å². The number of rotatable bonds is 6. The molecule has 0 radical (unpaired) electrons. The van der Waals surface area contributed by atoms with E-state index >= 15 is 0 Å². The zero-order valence-electron chi connectivity index (χ0n) is 9.47. The Kier molecular flexibility index (Phi) is 4.79. The summed E-state index contributed by atoms with van der Waals surface area (Å²) in [7, 11) is 1.60. The number of carboxylic acids is 1. The Morgan fingerprint density at radius 3 is 2.44 bits per heavy atom. The predicted molar refractivity (Wildman–Crippen MR) is 59.5 cm³/mol. The molecule has 4 heteroatoms. The van der Waals surface area contributed by atoms with Gasteiger partial charge in [0.2, 0.25) is 0 Å². The van der Waals surface area contributed by atoms with Crippen LogP contribution >= 0.6 is 0 Å². The molecule has 4 nitrogen and oxygen atoms in total. The van der Waals surface area contributed by atoms with Crippen LogP contribution in [0.25, 0.3) is 0 Å². The van der Waals surface area contributed by atoms with Gasteiger partial charge >= 0.3 is 5.97 Å². The van der Waals surface area contributed by atoms with Crippen LogP contribution in [0.5, 0.6) is 5.75 Å². The Hall–Kier alpha value is -1.55. The first kappa shape index (κ1) is 12.5. The zero-order chi connectivity index (χ0) is 12.0. The van der Waals surface area contributed by atoms with Gasteiger partial charge in [0.1, 0.15) is 5.75 Å². The van der Waals surface area contributed by atoms with Gasteiger partial charge in [0.05, 0.1) is 13.7 Å². The molecule has 0 bridgehead atoms. The van der Waals surface area contributed by atoms with Crippen molar-refractivity contribution in [2.45, 2.75) is 26.1 Å². The molecule has 0 amide bonds. The third kappa shape index (κ3) is 3.55. The van der Waals surface area contributed by atoms with Crippen LogP contribution in [0.1, 0.15) is 18.9 Å². The minimum atomic E-state index is -0.920. The van der Waals surface area contributed by atoms with Crippen molar-refractivity contribution in [3.63, 3.8) is 0 Å². The quantitative estimate of drug-likeness (QED) is 0.803. The van der Waals surface area contributed by atoms with Crippen molar-refractivity contribution >= 4 is 5.97 Å². The second-order valence-corrected chi connectivity index (χ2v) is 3.39. The lowest BCUT2D eigenvalue weighted by molar-refractivity contribution is -0.151. The van der Waals surface area contributed by atoms with Crippen molar-refractivity contribution in [3.05, 3.63) is 29.8 Å². The number of benzene rings is 1. The minimum absolute atomic E-state index is 0.300. The van der Waals surface area contributed by atoms with E-state index in [2.05, 4.69) is 0 Å². The standard InChI is InChI=1S/C12H16O4/c1-3-11(12(13)14)16-8-9-4-6-10(15-2)7-5-9/h4-7,11H,3,8H2,1-2H3,(H,13,14)/t11-/m1/s1. The SMILES string of the molecule is CC[C@@H](OCc1ccc(OC)cc1)C(=O)O. The predicted octanol–water partition coefficient (Wildman–Crippen LogP) is 2.07. The van der Waals surface area contributed by atoms with Gasteiger partial charge in [0.25, 0.3) is 0 Å². The van der Waals surface area contributed by atoms with Gasteiger partial charge in [-0.05, 0) is 24.1 Å². The van der Waals surface area contributed by atoms with Crippen molar-refractivity contribution in [1.82, 2.24) is 0 Å². The number of carboxylic acid groups (broad SMARTS) is 1. The Morgan fingerprint density at radius 1 is 1.38 bits per heavy atom. The van der Waals surface area contributed by atoms with Crippen LogP contribution < -0.4 is 4.74 Å². The molecule has 0 aliphatic heterocycles. The third-order valence-corrected chi connectivity index (χ3v) is 2.26. The van der Waals surface area contributed by atoms with Gasteiger partial charge in [0, 0.05) is 0 Å². The smallest absolute Gasteiger partial charge is 0.332 e. The van der Waals surface area contributed by atoms with Crippen molar-refractivity contribution in [2.75, 3.05) is 7.11 Å². The first-order chi connectivity index (χ1) is 7.67. The molecule has 1 rings (SSSR count). The maximum absolute atomic E-state index is 10.7. The maximum Gasteiger partial charge on any atom is 0.332 e. The summed E-state index contributed by atoms with van der Waals surface area (Å²) in [5.74, 6) is -0.148. The van der Waals surface area contributed by atoms with Crippen LogP contribution in [0.4, 0.5) is 0 Å². The fourth-order valence-corrected chi connectivity index (χ4v) is 1.28. The van der Waals surface area contributed by atoms with E-state index in [1.54, 1.807) is 14.0 Å². The number of carbonyl (C=O) groups is 1. The molecule has 0 aliphatic carbocycles. The highest BCUT2D eigenvalue weighted by molar-refractivity contribution is 5.72. The second-order valence-electron chi connectivity index (χ2n) is 3.39. The molecule has 1 aromatic rings. The summed E-state index contributed by atoms with van der Waals surface area (Å²) in [5.41, 5.74) is 0.931. The van der Waals surface area contributed by atoms with Crippen molar-refractivity contribution in [1.29, 1.82) is 0 Å². The van der Waals surface area contributed by atoms with E-state index in [9.17, 15) is 4.79 Å². The lowest BCUT2D eigenvalue weighted by atomic mass is 10.2. The molecule has 16 heavy (non-hydrogen) atoms. The lowest BCUT2D eigenvalue weighted by Crippen LogP contribution is -2.22. The van der Waals surface area contributed by atoms with Gasteiger partial charge in [-0.2, -0.15) is 0 Å². The molecule has 0 fully saturated rings. The number of hydrogen-bond donors (Lipinski definition) is 1. The number of methoxy groups -OCH3 is 1. The molecule has 0 saturated carbocycles. The molecule has 0 unspecified atom stereocenters. The van der Waals surface area contributed by atoms with Crippen LogP contribution in [-0.4, -0.2) is 24.3 Å². The summed E-state index contributed by atoms with van der Waals surface area (Å²) in [4.78, 5) is 10.7. The molecule has 0 aliphatic rings. The summed E-state index contributed by atoms with van der Waals surface area (Å²) >= 11 is 0. The van der Waals surface area contributed by atoms with Crippen LogP contribution in [0.3, 0.4) is 0 Å². The van der Waals surface area contributed by atoms with Crippen molar-refractivity contribution in [2.24, 2.45) is 0 Å². The first-order valence-electron chi connectivity index (χ1n) is 5.14. The normalized spacial score (nSPS) is 12.1. The molecule has 0 heterocycles. The average molecular weight is 224 g/mol. The molecular formula is C12H16O4. The highest BCUT2D eigenvalue weighted by atomic mass is 16.5. The fourth-order valence-electron chi connectivity index (χ4n) is 1.28. The van der Waals surface area contributed by atoms with E-state index in [-0.39, 0.29) is 0 Å². The molecule has 0 saturated heterocycles. The van der Waals surface area contributed by atoms with E-state index in [0.717, 1.165) is 11.3 Å². The number of aliphatic carboxylic acids is 1. The third-order valence-electron chi connectivity index (χ3n) is 2.26.